The lowest BCUT2D eigenvalue weighted by Crippen LogP contribution is -2.29. The summed E-state index contributed by atoms with van der Waals surface area (Å²) in [4.78, 5) is 27.8. The topological polar surface area (TPSA) is 88.5 Å². The average molecular weight is 336 g/mol. The largest absolute Gasteiger partial charge is 0.497 e. The molecule has 0 atom stereocenters. The van der Waals surface area contributed by atoms with Crippen LogP contribution < -0.4 is 10.1 Å². The molecule has 2 aromatic carbocycles. The Kier molecular flexibility index (Phi) is 4.61. The number of carboxylic acids is 1. The summed E-state index contributed by atoms with van der Waals surface area (Å²) in [7, 11) is 1.58. The normalized spacial score (nSPS) is 10.4. The molecule has 1 amide bonds. The van der Waals surface area contributed by atoms with Crippen molar-refractivity contribution in [3.05, 3.63) is 60.2 Å². The molecule has 0 unspecified atom stereocenters. The van der Waals surface area contributed by atoms with Gasteiger partial charge in [-0.3, -0.25) is 9.59 Å². The smallest absolute Gasteiger partial charge is 0.322 e. The van der Waals surface area contributed by atoms with Crippen molar-refractivity contribution >= 4 is 22.8 Å². The second-order valence-corrected chi connectivity index (χ2v) is 5.38. The molecule has 0 aliphatic carbocycles. The van der Waals surface area contributed by atoms with Gasteiger partial charge < -0.3 is 15.2 Å². The van der Waals surface area contributed by atoms with Crippen LogP contribution in [0.1, 0.15) is 10.4 Å². The summed E-state index contributed by atoms with van der Waals surface area (Å²) in [5, 5.41) is 11.8. The van der Waals surface area contributed by atoms with Gasteiger partial charge in [-0.25, -0.2) is 4.98 Å². The first-order chi connectivity index (χ1) is 12.1. The number of methoxy groups -OCH3 is 1. The lowest BCUT2D eigenvalue weighted by Gasteiger charge is -2.10. The number of aliphatic carboxylic acids is 1. The lowest BCUT2D eigenvalue weighted by atomic mass is 10.0. The standard InChI is InChI=1S/C19H16N2O4/c1-25-13-6-4-5-12(9-13)17-10-15(19(24)20-11-18(22)23)14-7-2-3-8-16(14)21-17/h2-10H,11H2,1H3,(H,20,24)(H,22,23). The van der Waals surface area contributed by atoms with E-state index < -0.39 is 18.4 Å². The number of hydrogen-bond donors (Lipinski definition) is 2. The highest BCUT2D eigenvalue weighted by molar-refractivity contribution is 6.07. The first-order valence-corrected chi connectivity index (χ1v) is 7.62. The maximum Gasteiger partial charge on any atom is 0.322 e. The predicted octanol–water partition coefficient (Wildman–Crippen LogP) is 2.72. The third-order valence-electron chi connectivity index (χ3n) is 3.73. The van der Waals surface area contributed by atoms with Crippen LogP contribution in [0.4, 0.5) is 0 Å². The van der Waals surface area contributed by atoms with Crippen LogP contribution in [0.15, 0.2) is 54.6 Å². The van der Waals surface area contributed by atoms with Gasteiger partial charge in [0.2, 0.25) is 0 Å². The molecule has 0 bridgehead atoms. The highest BCUT2D eigenvalue weighted by Gasteiger charge is 2.14. The van der Waals surface area contributed by atoms with E-state index in [0.29, 0.717) is 27.9 Å². The number of benzene rings is 2. The fourth-order valence-electron chi connectivity index (χ4n) is 2.54. The number of aromatic nitrogens is 1. The molecule has 25 heavy (non-hydrogen) atoms. The molecule has 3 rings (SSSR count). The number of pyridine rings is 1. The van der Waals surface area contributed by atoms with Crippen LogP contribution in [-0.2, 0) is 4.79 Å². The van der Waals surface area contributed by atoms with Crippen molar-refractivity contribution in [2.24, 2.45) is 0 Å². The molecular weight excluding hydrogens is 320 g/mol. The van der Waals surface area contributed by atoms with Crippen molar-refractivity contribution in [3.8, 4) is 17.0 Å². The molecule has 1 heterocycles. The monoisotopic (exact) mass is 336 g/mol. The summed E-state index contributed by atoms with van der Waals surface area (Å²) in [6.07, 6.45) is 0. The van der Waals surface area contributed by atoms with Gasteiger partial charge in [-0.15, -0.1) is 0 Å². The lowest BCUT2D eigenvalue weighted by molar-refractivity contribution is -0.135. The summed E-state index contributed by atoms with van der Waals surface area (Å²) >= 11 is 0. The minimum absolute atomic E-state index is 0.379. The Labute approximate surface area is 144 Å². The minimum Gasteiger partial charge on any atom is -0.497 e. The Bertz CT molecular complexity index is 953. The molecule has 6 heteroatoms. The SMILES string of the molecule is COc1cccc(-c2cc(C(=O)NCC(=O)O)c3ccccc3n2)c1. The number of carbonyl (C=O) groups is 2. The number of fused-ring (bicyclic) bond motifs is 1. The van der Waals surface area contributed by atoms with Gasteiger partial charge in [0, 0.05) is 10.9 Å². The van der Waals surface area contributed by atoms with Gasteiger partial charge in [-0.05, 0) is 24.3 Å². The molecule has 0 saturated heterocycles. The van der Waals surface area contributed by atoms with E-state index in [2.05, 4.69) is 10.3 Å². The highest BCUT2D eigenvalue weighted by atomic mass is 16.5. The maximum absolute atomic E-state index is 12.4. The number of amides is 1. The van der Waals surface area contributed by atoms with Crippen LogP contribution in [0, 0.1) is 0 Å². The van der Waals surface area contributed by atoms with Gasteiger partial charge in [-0.2, -0.15) is 0 Å². The molecule has 0 radical (unpaired) electrons. The maximum atomic E-state index is 12.4. The van der Waals surface area contributed by atoms with E-state index in [4.69, 9.17) is 9.84 Å². The fraction of sp³-hybridized carbons (Fsp3) is 0.105. The van der Waals surface area contributed by atoms with E-state index >= 15 is 0 Å². The molecule has 1 aromatic heterocycles. The van der Waals surface area contributed by atoms with Crippen molar-refractivity contribution in [2.45, 2.75) is 0 Å². The number of carbonyl (C=O) groups excluding carboxylic acids is 1. The van der Waals surface area contributed by atoms with E-state index in [1.54, 1.807) is 19.2 Å². The van der Waals surface area contributed by atoms with E-state index in [1.165, 1.54) is 0 Å². The zero-order valence-corrected chi connectivity index (χ0v) is 13.5. The van der Waals surface area contributed by atoms with Crippen LogP contribution in [0.25, 0.3) is 22.2 Å². The average Bonchev–Trinajstić information content (AvgIpc) is 2.65. The van der Waals surface area contributed by atoms with E-state index in [1.807, 2.05) is 42.5 Å². The summed E-state index contributed by atoms with van der Waals surface area (Å²) in [6.45, 7) is -0.440. The Balaban J connectivity index is 2.11. The number of nitrogens with zero attached hydrogens (tertiary/aromatic N) is 1. The van der Waals surface area contributed by atoms with Crippen molar-refractivity contribution in [1.82, 2.24) is 10.3 Å². The van der Waals surface area contributed by atoms with Crippen molar-refractivity contribution < 1.29 is 19.4 Å². The molecule has 6 nitrogen and oxygen atoms in total. The Morgan fingerprint density at radius 1 is 1.12 bits per heavy atom. The van der Waals surface area contributed by atoms with Gasteiger partial charge >= 0.3 is 5.97 Å². The Hall–Kier alpha value is -3.41. The summed E-state index contributed by atoms with van der Waals surface area (Å²) in [5.74, 6) is -0.866. The van der Waals surface area contributed by atoms with Gasteiger partial charge in [0.25, 0.3) is 5.91 Å². The van der Waals surface area contributed by atoms with Gasteiger partial charge in [0.1, 0.15) is 12.3 Å². The van der Waals surface area contributed by atoms with E-state index in [9.17, 15) is 9.59 Å². The summed E-state index contributed by atoms with van der Waals surface area (Å²) in [5.41, 5.74) is 2.45. The van der Waals surface area contributed by atoms with Gasteiger partial charge in [-0.1, -0.05) is 30.3 Å². The first-order valence-electron chi connectivity index (χ1n) is 7.62. The number of nitrogens with one attached hydrogen (secondary N) is 1. The molecule has 0 aliphatic heterocycles. The first kappa shape index (κ1) is 16.4. The zero-order chi connectivity index (χ0) is 17.8. The van der Waals surface area contributed by atoms with Crippen LogP contribution in [0.2, 0.25) is 0 Å². The van der Waals surface area contributed by atoms with Crippen LogP contribution in [0.3, 0.4) is 0 Å². The van der Waals surface area contributed by atoms with Crippen molar-refractivity contribution in [2.75, 3.05) is 13.7 Å². The molecule has 0 aliphatic rings. The quantitative estimate of drug-likeness (QED) is 0.748. The number of para-hydroxylation sites is 1. The summed E-state index contributed by atoms with van der Waals surface area (Å²) < 4.78 is 5.23. The number of rotatable bonds is 5. The van der Waals surface area contributed by atoms with Gasteiger partial charge in [0.15, 0.2) is 0 Å². The summed E-state index contributed by atoms with van der Waals surface area (Å²) in [6, 6.07) is 16.3. The molecule has 126 valence electrons. The van der Waals surface area contributed by atoms with Crippen LogP contribution in [-0.4, -0.2) is 35.6 Å². The van der Waals surface area contributed by atoms with Crippen molar-refractivity contribution in [3.63, 3.8) is 0 Å². The molecular formula is C19H16N2O4. The minimum atomic E-state index is -1.10. The molecule has 3 aromatic rings. The Morgan fingerprint density at radius 2 is 1.92 bits per heavy atom. The van der Waals surface area contributed by atoms with Crippen molar-refractivity contribution in [1.29, 1.82) is 0 Å². The number of ether oxygens (including phenoxy) is 1. The molecule has 0 saturated carbocycles. The zero-order valence-electron chi connectivity index (χ0n) is 13.5. The molecule has 0 fully saturated rings. The second-order valence-electron chi connectivity index (χ2n) is 5.38. The van der Waals surface area contributed by atoms with Gasteiger partial charge in [0.05, 0.1) is 23.9 Å². The van der Waals surface area contributed by atoms with E-state index in [-0.39, 0.29) is 0 Å². The highest BCUT2D eigenvalue weighted by Crippen LogP contribution is 2.27. The van der Waals surface area contributed by atoms with E-state index in [0.717, 1.165) is 5.56 Å². The predicted molar refractivity (Wildman–Crippen MR) is 93.7 cm³/mol. The second kappa shape index (κ2) is 7.00. The number of hydrogen-bond acceptors (Lipinski definition) is 4. The Morgan fingerprint density at radius 3 is 2.68 bits per heavy atom. The molecule has 2 N–H and O–H groups in total. The third kappa shape index (κ3) is 3.58. The van der Waals surface area contributed by atoms with Crippen LogP contribution >= 0.6 is 0 Å². The molecule has 0 spiro atoms. The van der Waals surface area contributed by atoms with Crippen LogP contribution in [0.5, 0.6) is 5.75 Å². The number of carboxylic acid groups (broad SMARTS) is 1. The fourth-order valence-corrected chi connectivity index (χ4v) is 2.54. The third-order valence-corrected chi connectivity index (χ3v) is 3.73.